The van der Waals surface area contributed by atoms with Gasteiger partial charge in [-0.05, 0) is 17.3 Å². The van der Waals surface area contributed by atoms with Crippen LogP contribution in [0.3, 0.4) is 0 Å². The highest BCUT2D eigenvalue weighted by Crippen LogP contribution is 2.73. The normalized spacial score (nSPS) is 24.4. The lowest BCUT2D eigenvalue weighted by molar-refractivity contribution is 0.360. The number of aromatic nitrogens is 2. The van der Waals surface area contributed by atoms with Gasteiger partial charge in [0.25, 0.3) is 0 Å². The molecule has 0 aromatic carbocycles. The molecule has 1 fully saturated rings. The van der Waals surface area contributed by atoms with E-state index >= 15 is 0 Å². The van der Waals surface area contributed by atoms with E-state index in [1.54, 1.807) is 0 Å². The molecule has 1 aliphatic rings. The van der Waals surface area contributed by atoms with Crippen LogP contribution in [-0.2, 0) is 0 Å². The molecule has 1 heterocycles. The molecule has 0 N–H and O–H groups in total. The second-order valence-electron chi connectivity index (χ2n) is 5.74. The van der Waals surface area contributed by atoms with Crippen LogP contribution in [0.5, 0.6) is 0 Å². The van der Waals surface area contributed by atoms with Gasteiger partial charge in [0.15, 0.2) is 5.82 Å². The summed E-state index contributed by atoms with van der Waals surface area (Å²) in [5, 5.41) is 3.82. The molecule has 1 aliphatic carbocycles. The first-order valence-electron chi connectivity index (χ1n) is 5.80. The Morgan fingerprint density at radius 3 is 2.31 bits per heavy atom. The van der Waals surface area contributed by atoms with Crippen LogP contribution >= 0.6 is 11.6 Å². The summed E-state index contributed by atoms with van der Waals surface area (Å²) in [5.41, 5.74) is 0.454. The van der Waals surface area contributed by atoms with Gasteiger partial charge in [-0.25, -0.2) is 0 Å². The maximum atomic E-state index is 6.09. The van der Waals surface area contributed by atoms with Crippen LogP contribution in [0.2, 0.25) is 0 Å². The number of halogens is 1. The summed E-state index contributed by atoms with van der Waals surface area (Å²) in [6.07, 6.45) is 0.817. The average Bonchev–Trinajstić information content (AvgIpc) is 2.60. The quantitative estimate of drug-likeness (QED) is 0.755. The highest BCUT2D eigenvalue weighted by molar-refractivity contribution is 6.20. The Labute approximate surface area is 102 Å². The van der Waals surface area contributed by atoms with Gasteiger partial charge < -0.3 is 4.52 Å². The highest BCUT2D eigenvalue weighted by Gasteiger charge is 2.67. The molecule has 16 heavy (non-hydrogen) atoms. The Hall–Kier alpha value is -0.570. The van der Waals surface area contributed by atoms with Crippen LogP contribution < -0.4 is 0 Å². The number of nitrogens with zero attached hydrogens (tertiary/aromatic N) is 2. The van der Waals surface area contributed by atoms with Gasteiger partial charge in [-0.15, -0.1) is 11.6 Å². The number of hydrogen-bond donors (Lipinski definition) is 0. The molecule has 0 saturated heterocycles. The smallest absolute Gasteiger partial charge is 0.230 e. The first-order chi connectivity index (χ1) is 7.32. The van der Waals surface area contributed by atoms with Crippen LogP contribution in [0, 0.1) is 10.8 Å². The third kappa shape index (κ3) is 1.48. The van der Waals surface area contributed by atoms with Crippen molar-refractivity contribution >= 4 is 11.6 Å². The van der Waals surface area contributed by atoms with Crippen LogP contribution in [0.15, 0.2) is 4.52 Å². The molecule has 0 amide bonds. The van der Waals surface area contributed by atoms with Crippen LogP contribution in [0.1, 0.15) is 64.0 Å². The van der Waals surface area contributed by atoms with Gasteiger partial charge in [-0.3, -0.25) is 0 Å². The lowest BCUT2D eigenvalue weighted by atomic mass is 10.0. The summed E-state index contributed by atoms with van der Waals surface area (Å²) < 4.78 is 5.34. The van der Waals surface area contributed by atoms with E-state index in [2.05, 4.69) is 37.8 Å². The van der Waals surface area contributed by atoms with Crippen molar-refractivity contribution < 1.29 is 4.52 Å². The predicted molar refractivity (Wildman–Crippen MR) is 63.5 cm³/mol. The van der Waals surface area contributed by atoms with Gasteiger partial charge in [-0.2, -0.15) is 4.98 Å². The zero-order valence-electron chi connectivity index (χ0n) is 10.5. The molecule has 0 bridgehead atoms. The van der Waals surface area contributed by atoms with Gasteiger partial charge in [0.05, 0.1) is 5.38 Å². The standard InChI is InChI=1S/C12H19ClN2O/c1-6-7(13)9-14-10(16-15-9)8-11(2,3)12(8,4)5/h7-8H,6H2,1-5H3. The van der Waals surface area contributed by atoms with Gasteiger partial charge in [0, 0.05) is 5.92 Å². The van der Waals surface area contributed by atoms with E-state index in [1.807, 2.05) is 6.92 Å². The number of hydrogen-bond acceptors (Lipinski definition) is 3. The zero-order valence-corrected chi connectivity index (χ0v) is 11.3. The maximum Gasteiger partial charge on any atom is 0.230 e. The Kier molecular flexibility index (Phi) is 2.57. The minimum atomic E-state index is -0.137. The topological polar surface area (TPSA) is 38.9 Å². The van der Waals surface area contributed by atoms with Crippen molar-refractivity contribution in [3.05, 3.63) is 11.7 Å². The second-order valence-corrected chi connectivity index (χ2v) is 6.27. The molecule has 1 unspecified atom stereocenters. The molecule has 1 aromatic rings. The van der Waals surface area contributed by atoms with Crippen molar-refractivity contribution in [1.29, 1.82) is 0 Å². The Morgan fingerprint density at radius 2 is 1.88 bits per heavy atom. The van der Waals surface area contributed by atoms with Crippen molar-refractivity contribution in [3.63, 3.8) is 0 Å². The van der Waals surface area contributed by atoms with E-state index in [0.29, 0.717) is 11.7 Å². The van der Waals surface area contributed by atoms with Crippen LogP contribution in [-0.4, -0.2) is 10.1 Å². The third-order valence-corrected chi connectivity index (χ3v) is 4.87. The fraction of sp³-hybridized carbons (Fsp3) is 0.833. The summed E-state index contributed by atoms with van der Waals surface area (Å²) in [5.74, 6) is 1.71. The third-order valence-electron chi connectivity index (χ3n) is 4.36. The summed E-state index contributed by atoms with van der Waals surface area (Å²) in [4.78, 5) is 4.42. The van der Waals surface area contributed by atoms with Gasteiger partial charge >= 0.3 is 0 Å². The van der Waals surface area contributed by atoms with Crippen LogP contribution in [0.25, 0.3) is 0 Å². The largest absolute Gasteiger partial charge is 0.339 e. The molecular formula is C12H19ClN2O. The molecule has 1 saturated carbocycles. The molecule has 0 radical (unpaired) electrons. The monoisotopic (exact) mass is 242 g/mol. The minimum absolute atomic E-state index is 0.137. The summed E-state index contributed by atoms with van der Waals surface area (Å²) in [7, 11) is 0. The van der Waals surface area contributed by atoms with Crippen molar-refractivity contribution in [2.24, 2.45) is 10.8 Å². The molecular weight excluding hydrogens is 224 g/mol. The number of alkyl halides is 1. The summed E-state index contributed by atoms with van der Waals surface area (Å²) in [6.45, 7) is 11.0. The SMILES string of the molecule is CCC(Cl)c1noc(C2C(C)(C)C2(C)C)n1. The Bertz CT molecular complexity index is 383. The Morgan fingerprint density at radius 1 is 1.31 bits per heavy atom. The van der Waals surface area contributed by atoms with E-state index in [-0.39, 0.29) is 16.2 Å². The predicted octanol–water partition coefficient (Wildman–Crippen LogP) is 3.91. The first-order valence-corrected chi connectivity index (χ1v) is 6.23. The minimum Gasteiger partial charge on any atom is -0.339 e. The fourth-order valence-electron chi connectivity index (χ4n) is 2.49. The summed E-state index contributed by atoms with van der Waals surface area (Å²) >= 11 is 6.09. The highest BCUT2D eigenvalue weighted by atomic mass is 35.5. The van der Waals surface area contributed by atoms with E-state index in [1.165, 1.54) is 0 Å². The molecule has 4 heteroatoms. The van der Waals surface area contributed by atoms with Gasteiger partial charge in [0.2, 0.25) is 5.89 Å². The van der Waals surface area contributed by atoms with Crippen molar-refractivity contribution in [3.8, 4) is 0 Å². The van der Waals surface area contributed by atoms with Crippen molar-refractivity contribution in [2.75, 3.05) is 0 Å². The van der Waals surface area contributed by atoms with Gasteiger partial charge in [0.1, 0.15) is 0 Å². The Balaban J connectivity index is 2.22. The summed E-state index contributed by atoms with van der Waals surface area (Å²) in [6, 6.07) is 0. The second kappa shape index (κ2) is 3.46. The average molecular weight is 243 g/mol. The molecule has 1 aromatic heterocycles. The molecule has 2 rings (SSSR count). The van der Waals surface area contributed by atoms with E-state index in [4.69, 9.17) is 16.1 Å². The lowest BCUT2D eigenvalue weighted by Gasteiger charge is -2.03. The van der Waals surface area contributed by atoms with Crippen molar-refractivity contribution in [2.45, 2.75) is 52.3 Å². The van der Waals surface area contributed by atoms with Crippen LogP contribution in [0.4, 0.5) is 0 Å². The molecule has 0 aliphatic heterocycles. The number of rotatable bonds is 3. The molecule has 90 valence electrons. The lowest BCUT2D eigenvalue weighted by Crippen LogP contribution is -1.95. The molecule has 3 nitrogen and oxygen atoms in total. The van der Waals surface area contributed by atoms with Crippen molar-refractivity contribution in [1.82, 2.24) is 10.1 Å². The van der Waals surface area contributed by atoms with E-state index in [9.17, 15) is 0 Å². The van der Waals surface area contributed by atoms with E-state index in [0.717, 1.165) is 12.3 Å². The van der Waals surface area contributed by atoms with Gasteiger partial charge in [-0.1, -0.05) is 39.8 Å². The fourth-order valence-corrected chi connectivity index (χ4v) is 2.58. The first kappa shape index (κ1) is 11.9. The maximum absolute atomic E-state index is 6.09. The molecule has 1 atom stereocenters. The molecule has 0 spiro atoms. The van der Waals surface area contributed by atoms with E-state index < -0.39 is 0 Å². The zero-order chi connectivity index (χ0) is 12.1.